The number of ether oxygens (including phenoxy) is 1. The van der Waals surface area contributed by atoms with Crippen LogP contribution in [0, 0.1) is 17.8 Å². The molecule has 0 aromatic rings. The number of hydrogen-bond donors (Lipinski definition) is 1. The van der Waals surface area contributed by atoms with Crippen molar-refractivity contribution in [3.63, 3.8) is 0 Å². The Morgan fingerprint density at radius 3 is 2.64 bits per heavy atom. The van der Waals surface area contributed by atoms with Gasteiger partial charge in [0.25, 0.3) is 0 Å². The van der Waals surface area contributed by atoms with Crippen LogP contribution in [0.25, 0.3) is 0 Å². The van der Waals surface area contributed by atoms with Crippen molar-refractivity contribution in [2.24, 2.45) is 17.8 Å². The minimum absolute atomic E-state index is 0.457. The van der Waals surface area contributed by atoms with Gasteiger partial charge in [0.2, 0.25) is 0 Å². The van der Waals surface area contributed by atoms with Crippen LogP contribution in [0.15, 0.2) is 0 Å². The van der Waals surface area contributed by atoms with E-state index in [1.807, 2.05) is 0 Å². The molecule has 0 aromatic carbocycles. The van der Waals surface area contributed by atoms with Crippen molar-refractivity contribution in [1.82, 2.24) is 0 Å². The van der Waals surface area contributed by atoms with Crippen molar-refractivity contribution in [3.8, 4) is 0 Å². The van der Waals surface area contributed by atoms with Crippen LogP contribution in [0.4, 0.5) is 0 Å². The van der Waals surface area contributed by atoms with Gasteiger partial charge < -0.3 is 9.84 Å². The molecule has 3 unspecified atom stereocenters. The number of rotatable bonds is 1. The average molecular weight is 198 g/mol. The molecule has 3 atom stereocenters. The maximum atomic E-state index is 11.2. The zero-order valence-corrected chi connectivity index (χ0v) is 7.43. The van der Waals surface area contributed by atoms with Gasteiger partial charge >= 0.3 is 17.9 Å². The lowest BCUT2D eigenvalue weighted by molar-refractivity contribution is -0.156. The summed E-state index contributed by atoms with van der Waals surface area (Å²) in [4.78, 5) is 33.2. The molecule has 1 N–H and O–H groups in total. The van der Waals surface area contributed by atoms with Gasteiger partial charge in [-0.15, -0.1) is 0 Å². The highest BCUT2D eigenvalue weighted by atomic mass is 16.6. The Labute approximate surface area is 80.0 Å². The number of hydrogen-bond acceptors (Lipinski definition) is 4. The molecule has 2 fully saturated rings. The van der Waals surface area contributed by atoms with Crippen LogP contribution in [0.5, 0.6) is 0 Å². The number of cyclic esters (lactones) is 2. The average Bonchev–Trinajstić information content (AvgIpc) is 2.43. The van der Waals surface area contributed by atoms with E-state index in [1.54, 1.807) is 0 Å². The van der Waals surface area contributed by atoms with Crippen LogP contribution >= 0.6 is 0 Å². The van der Waals surface area contributed by atoms with Crippen molar-refractivity contribution in [2.45, 2.75) is 19.3 Å². The van der Waals surface area contributed by atoms with Gasteiger partial charge in [-0.2, -0.15) is 0 Å². The van der Waals surface area contributed by atoms with E-state index < -0.39 is 35.7 Å². The van der Waals surface area contributed by atoms with E-state index in [9.17, 15) is 14.4 Å². The summed E-state index contributed by atoms with van der Waals surface area (Å²) in [6.45, 7) is 0. The van der Waals surface area contributed by atoms with Gasteiger partial charge in [0.15, 0.2) is 0 Å². The van der Waals surface area contributed by atoms with E-state index in [4.69, 9.17) is 5.11 Å². The molecule has 0 bridgehead atoms. The minimum Gasteiger partial charge on any atom is -0.481 e. The predicted molar refractivity (Wildman–Crippen MR) is 43.1 cm³/mol. The van der Waals surface area contributed by atoms with Crippen LogP contribution in [-0.2, 0) is 19.1 Å². The quantitative estimate of drug-likeness (QED) is 0.480. The van der Waals surface area contributed by atoms with Gasteiger partial charge in [0.1, 0.15) is 0 Å². The van der Waals surface area contributed by atoms with Gasteiger partial charge in [-0.25, -0.2) is 0 Å². The largest absolute Gasteiger partial charge is 0.481 e. The second-order valence-corrected chi connectivity index (χ2v) is 3.75. The number of esters is 2. The summed E-state index contributed by atoms with van der Waals surface area (Å²) >= 11 is 0. The van der Waals surface area contributed by atoms with Crippen molar-refractivity contribution in [2.75, 3.05) is 0 Å². The second-order valence-electron chi connectivity index (χ2n) is 3.75. The van der Waals surface area contributed by atoms with Gasteiger partial charge in [0, 0.05) is 0 Å². The number of aliphatic carboxylic acids is 1. The first-order valence-electron chi connectivity index (χ1n) is 4.59. The summed E-state index contributed by atoms with van der Waals surface area (Å²) < 4.78 is 4.45. The van der Waals surface area contributed by atoms with Crippen LogP contribution in [0.1, 0.15) is 19.3 Å². The molecule has 2 rings (SSSR count). The molecular formula is C9H10O5. The Bertz CT molecular complexity index is 308. The van der Waals surface area contributed by atoms with Crippen LogP contribution in [0.3, 0.4) is 0 Å². The molecule has 1 aliphatic carbocycles. The fourth-order valence-corrected chi connectivity index (χ4v) is 2.31. The molecule has 14 heavy (non-hydrogen) atoms. The molecule has 0 amide bonds. The van der Waals surface area contributed by atoms with Crippen molar-refractivity contribution < 1.29 is 24.2 Å². The summed E-state index contributed by atoms with van der Waals surface area (Å²) in [7, 11) is 0. The molecule has 1 saturated carbocycles. The third-order valence-corrected chi connectivity index (χ3v) is 2.99. The van der Waals surface area contributed by atoms with Crippen LogP contribution in [-0.4, -0.2) is 23.0 Å². The molecule has 0 spiro atoms. The SMILES string of the molecule is O=C(O)C1CCCC2C(=O)OC(=O)C12. The number of fused-ring (bicyclic) bond motifs is 1. The summed E-state index contributed by atoms with van der Waals surface area (Å²) in [6.07, 6.45) is 1.69. The number of carboxylic acids is 1. The highest BCUT2D eigenvalue weighted by Gasteiger charge is 2.52. The molecule has 5 nitrogen and oxygen atoms in total. The molecule has 0 radical (unpaired) electrons. The third-order valence-electron chi connectivity index (χ3n) is 2.99. The number of carbonyl (C=O) groups excluding carboxylic acids is 2. The molecule has 5 heteroatoms. The Morgan fingerprint density at radius 2 is 2.00 bits per heavy atom. The first-order chi connectivity index (χ1) is 6.61. The van der Waals surface area contributed by atoms with E-state index in [0.29, 0.717) is 19.3 Å². The van der Waals surface area contributed by atoms with E-state index in [2.05, 4.69) is 4.74 Å². The highest BCUT2D eigenvalue weighted by Crippen LogP contribution is 2.40. The topological polar surface area (TPSA) is 80.7 Å². The van der Waals surface area contributed by atoms with Gasteiger partial charge in [-0.1, -0.05) is 6.42 Å². The first-order valence-corrected chi connectivity index (χ1v) is 4.59. The lowest BCUT2D eigenvalue weighted by Gasteiger charge is -2.25. The Kier molecular flexibility index (Phi) is 2.02. The zero-order chi connectivity index (χ0) is 10.3. The normalized spacial score (nSPS) is 36.4. The van der Waals surface area contributed by atoms with E-state index in [-0.39, 0.29) is 0 Å². The monoisotopic (exact) mass is 198 g/mol. The third kappa shape index (κ3) is 1.20. The number of carboxylic acid groups (broad SMARTS) is 1. The standard InChI is InChI=1S/C9H10O5/c10-7(11)4-2-1-3-5-6(4)9(13)14-8(5)12/h4-6H,1-3H2,(H,10,11). The maximum absolute atomic E-state index is 11.2. The lowest BCUT2D eigenvalue weighted by Crippen LogP contribution is -2.35. The maximum Gasteiger partial charge on any atom is 0.318 e. The summed E-state index contributed by atoms with van der Waals surface area (Å²) in [5.41, 5.74) is 0. The van der Waals surface area contributed by atoms with Crippen molar-refractivity contribution in [1.29, 1.82) is 0 Å². The van der Waals surface area contributed by atoms with Crippen LogP contribution < -0.4 is 0 Å². The van der Waals surface area contributed by atoms with Gasteiger partial charge in [-0.3, -0.25) is 14.4 Å². The Morgan fingerprint density at radius 1 is 1.29 bits per heavy atom. The first kappa shape index (κ1) is 9.18. The van der Waals surface area contributed by atoms with Crippen LogP contribution in [0.2, 0.25) is 0 Å². The van der Waals surface area contributed by atoms with Crippen molar-refractivity contribution >= 4 is 17.9 Å². The van der Waals surface area contributed by atoms with E-state index >= 15 is 0 Å². The fraction of sp³-hybridized carbons (Fsp3) is 0.667. The van der Waals surface area contributed by atoms with Gasteiger partial charge in [-0.05, 0) is 12.8 Å². The Balaban J connectivity index is 2.27. The highest BCUT2D eigenvalue weighted by molar-refractivity contribution is 5.98. The zero-order valence-electron chi connectivity index (χ0n) is 7.43. The molecule has 0 aromatic heterocycles. The molecular weight excluding hydrogens is 188 g/mol. The predicted octanol–water partition coefficient (Wildman–Crippen LogP) is 0.187. The minimum atomic E-state index is -1.01. The molecule has 2 aliphatic rings. The summed E-state index contributed by atoms with van der Waals surface area (Å²) in [6, 6.07) is 0. The molecule has 1 heterocycles. The lowest BCUT2D eigenvalue weighted by atomic mass is 9.73. The summed E-state index contributed by atoms with van der Waals surface area (Å²) in [5.74, 6) is -4.22. The fourth-order valence-electron chi connectivity index (χ4n) is 2.31. The van der Waals surface area contributed by atoms with Gasteiger partial charge in [0.05, 0.1) is 17.8 Å². The van der Waals surface area contributed by atoms with E-state index in [0.717, 1.165) is 0 Å². The molecule has 1 saturated heterocycles. The smallest absolute Gasteiger partial charge is 0.318 e. The number of carbonyl (C=O) groups is 3. The van der Waals surface area contributed by atoms with E-state index in [1.165, 1.54) is 0 Å². The molecule has 1 aliphatic heterocycles. The van der Waals surface area contributed by atoms with Crippen molar-refractivity contribution in [3.05, 3.63) is 0 Å². The molecule has 76 valence electrons. The Hall–Kier alpha value is -1.39. The summed E-state index contributed by atoms with van der Waals surface area (Å²) in [5, 5.41) is 8.87. The second kappa shape index (κ2) is 3.08.